The van der Waals surface area contributed by atoms with Crippen molar-refractivity contribution >= 4 is 40.3 Å². The van der Waals surface area contributed by atoms with E-state index in [1.165, 1.54) is 6.07 Å². The number of aromatic nitrogens is 2. The Morgan fingerprint density at radius 1 is 0.759 bits per heavy atom. The number of aromatic amines is 1. The van der Waals surface area contributed by atoms with Crippen LogP contribution in [0, 0.1) is 11.7 Å². The first-order chi connectivity index (χ1) is 38.4. The number of H-pyrrole nitrogens is 1. The van der Waals surface area contributed by atoms with Crippen LogP contribution in [0.25, 0.3) is 10.8 Å². The number of benzene rings is 4. The number of carbonyl (C=O) groups is 5. The van der Waals surface area contributed by atoms with Crippen molar-refractivity contribution in [3.8, 4) is 11.5 Å². The van der Waals surface area contributed by atoms with Crippen LogP contribution in [0.3, 0.4) is 0 Å². The molecule has 418 valence electrons. The molecule has 3 N–H and O–H groups in total. The van der Waals surface area contributed by atoms with Crippen molar-refractivity contribution in [3.63, 3.8) is 0 Å². The Bertz CT molecular complexity index is 3090. The van der Waals surface area contributed by atoms with Crippen LogP contribution < -0.4 is 25.7 Å². The summed E-state index contributed by atoms with van der Waals surface area (Å²) in [4.78, 5) is 92.4. The number of nitrogens with one attached hydrogen (secondary N) is 3. The van der Waals surface area contributed by atoms with Crippen LogP contribution in [0.2, 0.25) is 0 Å². The highest BCUT2D eigenvalue weighted by Crippen LogP contribution is 2.38. The highest BCUT2D eigenvalue weighted by atomic mass is 19.1. The molecule has 10 rings (SSSR count). The summed E-state index contributed by atoms with van der Waals surface area (Å²) >= 11 is 0. The summed E-state index contributed by atoms with van der Waals surface area (Å²) in [5.74, 6) is 0.794. The number of carbonyl (C=O) groups excluding carboxylic acids is 5. The standard InChI is InChI=1S/C60H73FN10O8/c1-3-79-53-35-47(78-2)15-14-45(53)36-62-37-54(72)71-21-7-10-46(39-71)43-8-6-9-44(34-43)56(74)63-60(19-20-60)59(77)70-26-24-67(25-27-70)38-41-17-22-66(23-18-41)40-55(73)68-28-30-69(31-29-68)58(76)50-32-42(13-16-51(50)61)33-52-48-11-4-5-12-49(48)57(75)65-64-52/h4-6,8-9,11-16,32,34-35,41,46,62H,3,7,10,17-31,33,36-40H2,1-2H3,(H,63,74)(H,65,75). The average molecular weight is 1080 g/mol. The molecular weight excluding hydrogens is 1010 g/mol. The Labute approximate surface area is 460 Å². The van der Waals surface area contributed by atoms with Crippen molar-refractivity contribution in [2.24, 2.45) is 5.92 Å². The molecule has 79 heavy (non-hydrogen) atoms. The van der Waals surface area contributed by atoms with Crippen molar-refractivity contribution < 1.29 is 37.8 Å². The third kappa shape index (κ3) is 13.1. The van der Waals surface area contributed by atoms with Gasteiger partial charge in [0.25, 0.3) is 17.4 Å². The smallest absolute Gasteiger partial charge is 0.272 e. The number of piperidine rings is 2. The van der Waals surface area contributed by atoms with Crippen molar-refractivity contribution in [1.29, 1.82) is 0 Å². The summed E-state index contributed by atoms with van der Waals surface area (Å²) < 4.78 is 26.3. The fraction of sp³-hybridized carbons (Fsp3) is 0.483. The number of fused-ring (bicyclic) bond motifs is 1. The maximum Gasteiger partial charge on any atom is 0.272 e. The zero-order valence-corrected chi connectivity index (χ0v) is 45.5. The number of methoxy groups -OCH3 is 1. The zero-order chi connectivity index (χ0) is 55.0. The summed E-state index contributed by atoms with van der Waals surface area (Å²) in [5, 5.41) is 14.4. The molecule has 5 aromatic rings. The normalized spacial score (nSPS) is 19.1. The van der Waals surface area contributed by atoms with Crippen molar-refractivity contribution in [2.75, 3.05) is 112 Å². The number of rotatable bonds is 18. The first-order valence-corrected chi connectivity index (χ1v) is 28.1. The van der Waals surface area contributed by atoms with Gasteiger partial charge in [-0.05, 0) is 112 Å². The van der Waals surface area contributed by atoms with Crippen molar-refractivity contribution in [1.82, 2.24) is 50.2 Å². The predicted octanol–water partition coefficient (Wildman–Crippen LogP) is 4.66. The molecule has 0 spiro atoms. The molecule has 18 nitrogen and oxygen atoms in total. The molecular formula is C60H73FN10O8. The number of amides is 5. The number of ether oxygens (including phenoxy) is 2. The summed E-state index contributed by atoms with van der Waals surface area (Å²) in [6, 6.07) is 25.0. The van der Waals surface area contributed by atoms with Crippen LogP contribution in [0.4, 0.5) is 4.39 Å². The van der Waals surface area contributed by atoms with Crippen LogP contribution in [0.1, 0.15) is 94.5 Å². The van der Waals surface area contributed by atoms with Gasteiger partial charge < -0.3 is 39.7 Å². The van der Waals surface area contributed by atoms with Gasteiger partial charge in [0.15, 0.2) is 0 Å². The number of halogens is 1. The number of likely N-dealkylation sites (tertiary alicyclic amines) is 2. The molecule has 1 aliphatic carbocycles. The van der Waals surface area contributed by atoms with E-state index in [0.717, 1.165) is 75.3 Å². The van der Waals surface area contributed by atoms with Gasteiger partial charge in [-0.1, -0.05) is 42.5 Å². The van der Waals surface area contributed by atoms with E-state index in [9.17, 15) is 28.8 Å². The summed E-state index contributed by atoms with van der Waals surface area (Å²) in [5.41, 5.74) is 2.60. The van der Waals surface area contributed by atoms with Crippen LogP contribution in [-0.4, -0.2) is 187 Å². The molecule has 5 aliphatic rings. The van der Waals surface area contributed by atoms with Crippen LogP contribution in [-0.2, 0) is 27.3 Å². The summed E-state index contributed by atoms with van der Waals surface area (Å²) in [7, 11) is 1.62. The lowest BCUT2D eigenvalue weighted by molar-refractivity contribution is -0.136. The van der Waals surface area contributed by atoms with E-state index in [1.54, 1.807) is 47.2 Å². The molecule has 4 aromatic carbocycles. The quantitative estimate of drug-likeness (QED) is 0.110. The second kappa shape index (κ2) is 24.8. The molecule has 5 amide bonds. The van der Waals surface area contributed by atoms with Gasteiger partial charge in [0, 0.05) is 113 Å². The highest BCUT2D eigenvalue weighted by Gasteiger charge is 2.53. The van der Waals surface area contributed by atoms with Crippen molar-refractivity contribution in [3.05, 3.63) is 135 Å². The molecule has 1 saturated carbocycles. The van der Waals surface area contributed by atoms with E-state index in [-0.39, 0.29) is 47.2 Å². The fourth-order valence-electron chi connectivity index (χ4n) is 11.8. The maximum absolute atomic E-state index is 15.1. The van der Waals surface area contributed by atoms with Gasteiger partial charge in [-0.15, -0.1) is 0 Å². The summed E-state index contributed by atoms with van der Waals surface area (Å²) in [6.07, 6.45) is 5.26. The van der Waals surface area contributed by atoms with Crippen LogP contribution >= 0.6 is 0 Å². The van der Waals surface area contributed by atoms with E-state index in [4.69, 9.17) is 9.47 Å². The number of piperazine rings is 2. The molecule has 1 unspecified atom stereocenters. The minimum atomic E-state index is -0.879. The maximum atomic E-state index is 15.1. The van der Waals surface area contributed by atoms with Crippen LogP contribution in [0.5, 0.6) is 11.5 Å². The average Bonchev–Trinajstić information content (AvgIpc) is 4.46. The first kappa shape index (κ1) is 55.1. The highest BCUT2D eigenvalue weighted by molar-refractivity contribution is 6.01. The largest absolute Gasteiger partial charge is 0.497 e. The lowest BCUT2D eigenvalue weighted by atomic mass is 9.89. The Balaban J connectivity index is 0.623. The molecule has 5 heterocycles. The topological polar surface area (TPSA) is 193 Å². The van der Waals surface area contributed by atoms with E-state index < -0.39 is 17.3 Å². The molecule has 1 atom stereocenters. The van der Waals surface area contributed by atoms with Gasteiger partial charge in [0.2, 0.25) is 17.7 Å². The van der Waals surface area contributed by atoms with Gasteiger partial charge in [-0.2, -0.15) is 5.10 Å². The second-order valence-corrected chi connectivity index (χ2v) is 21.9. The molecule has 4 aliphatic heterocycles. The molecule has 1 aromatic heterocycles. The number of hydrogen-bond acceptors (Lipinski definition) is 12. The number of nitrogens with zero attached hydrogens (tertiary/aromatic N) is 7. The van der Waals surface area contributed by atoms with Gasteiger partial charge >= 0.3 is 0 Å². The Kier molecular flexibility index (Phi) is 17.3. The van der Waals surface area contributed by atoms with Crippen molar-refractivity contribution in [2.45, 2.75) is 69.9 Å². The third-order valence-electron chi connectivity index (χ3n) is 16.6. The zero-order valence-electron chi connectivity index (χ0n) is 45.5. The van der Waals surface area contributed by atoms with E-state index >= 15 is 4.39 Å². The van der Waals surface area contributed by atoms with E-state index in [0.29, 0.717) is 131 Å². The minimum absolute atomic E-state index is 0.00919. The Morgan fingerprint density at radius 2 is 1.51 bits per heavy atom. The lowest BCUT2D eigenvalue weighted by Gasteiger charge is -2.40. The third-order valence-corrected chi connectivity index (χ3v) is 16.6. The van der Waals surface area contributed by atoms with Gasteiger partial charge in [-0.3, -0.25) is 38.6 Å². The molecule has 19 heteroatoms. The van der Waals surface area contributed by atoms with Gasteiger partial charge in [0.1, 0.15) is 22.9 Å². The molecule has 4 saturated heterocycles. The SMILES string of the molecule is CCOc1cc(OC)ccc1CNCC(=O)N1CCCC(c2cccc(C(=O)NC3(C(=O)N4CCN(CC5CCN(CC(=O)N6CCN(C(=O)c7cc(Cc8n[nH]c(=O)c9ccccc89)ccc7F)CC6)CC5)CC4)CC3)c2)C1. The fourth-order valence-corrected chi connectivity index (χ4v) is 11.8. The predicted molar refractivity (Wildman–Crippen MR) is 297 cm³/mol. The minimum Gasteiger partial charge on any atom is -0.497 e. The van der Waals surface area contributed by atoms with Gasteiger partial charge in [0.05, 0.1) is 43.4 Å². The molecule has 0 bridgehead atoms. The van der Waals surface area contributed by atoms with E-state index in [2.05, 4.69) is 30.6 Å². The Morgan fingerprint density at radius 3 is 2.25 bits per heavy atom. The molecule has 0 radical (unpaired) electrons. The lowest BCUT2D eigenvalue weighted by Crippen LogP contribution is -2.57. The van der Waals surface area contributed by atoms with Crippen LogP contribution in [0.15, 0.2) is 89.7 Å². The molecule has 5 fully saturated rings. The Hall–Kier alpha value is -7.22. The second-order valence-electron chi connectivity index (χ2n) is 21.9. The monoisotopic (exact) mass is 1080 g/mol. The van der Waals surface area contributed by atoms with E-state index in [1.807, 2.05) is 65.3 Å². The summed E-state index contributed by atoms with van der Waals surface area (Å²) in [6.45, 7) is 11.4. The first-order valence-electron chi connectivity index (χ1n) is 28.1. The van der Waals surface area contributed by atoms with Gasteiger partial charge in [-0.25, -0.2) is 9.49 Å². The number of hydrogen-bond donors (Lipinski definition) is 3.